The second-order valence-electron chi connectivity index (χ2n) is 3.96. The van der Waals surface area contributed by atoms with E-state index in [1.165, 1.54) is 16.8 Å². The number of non-ortho nitro benzene ring substituents is 1. The molecule has 1 aromatic heterocycles. The summed E-state index contributed by atoms with van der Waals surface area (Å²) in [5.74, 6) is 5.09. The van der Waals surface area contributed by atoms with Crippen LogP contribution in [-0.2, 0) is 7.05 Å². The van der Waals surface area contributed by atoms with Crippen LogP contribution in [0.1, 0.15) is 10.4 Å². The molecule has 104 valence electrons. The fraction of sp³-hybridized carbons (Fsp3) is 0.0909. The zero-order valence-corrected chi connectivity index (χ0v) is 10.5. The number of nitrogens with one attached hydrogen (secondary N) is 2. The maximum atomic E-state index is 12.1. The van der Waals surface area contributed by atoms with E-state index in [0.717, 1.165) is 6.07 Å². The Morgan fingerprint density at radius 3 is 2.75 bits per heavy atom. The van der Waals surface area contributed by atoms with Crippen LogP contribution in [0.5, 0.6) is 0 Å². The minimum Gasteiger partial charge on any atom is -0.323 e. The van der Waals surface area contributed by atoms with Crippen LogP contribution in [0.2, 0.25) is 0 Å². The van der Waals surface area contributed by atoms with Crippen molar-refractivity contribution in [3.63, 3.8) is 0 Å². The number of nitrogens with zero attached hydrogens (tertiary/aromatic N) is 3. The summed E-state index contributed by atoms with van der Waals surface area (Å²) < 4.78 is 1.52. The van der Waals surface area contributed by atoms with Gasteiger partial charge in [-0.05, 0) is 6.07 Å². The van der Waals surface area contributed by atoms with Crippen molar-refractivity contribution in [1.82, 2.24) is 9.78 Å². The minimum absolute atomic E-state index is 0.0624. The molecule has 0 bridgehead atoms. The standard InChI is InChI=1S/C11H12N6O3/c1-16-5-4-10(15-16)13-11(18)8-6-7(17(19)20)2-3-9(8)14-12/h2-6,14H,12H2,1H3,(H,13,15,18). The van der Waals surface area contributed by atoms with Crippen LogP contribution < -0.4 is 16.6 Å². The minimum atomic E-state index is -0.585. The van der Waals surface area contributed by atoms with Gasteiger partial charge in [-0.1, -0.05) is 0 Å². The molecule has 9 nitrogen and oxygen atoms in total. The summed E-state index contributed by atoms with van der Waals surface area (Å²) in [6.45, 7) is 0. The predicted octanol–water partition coefficient (Wildman–Crippen LogP) is 0.866. The highest BCUT2D eigenvalue weighted by atomic mass is 16.6. The van der Waals surface area contributed by atoms with Gasteiger partial charge in [0.2, 0.25) is 0 Å². The van der Waals surface area contributed by atoms with E-state index >= 15 is 0 Å². The number of nitro groups is 1. The first-order chi connectivity index (χ1) is 9.51. The summed E-state index contributed by atoms with van der Waals surface area (Å²) in [6.07, 6.45) is 1.66. The van der Waals surface area contributed by atoms with Crippen LogP contribution >= 0.6 is 0 Å². The van der Waals surface area contributed by atoms with Crippen molar-refractivity contribution in [2.45, 2.75) is 0 Å². The Hall–Kier alpha value is -2.94. The number of nitrogen functional groups attached to an aromatic ring is 1. The number of hydrogen-bond acceptors (Lipinski definition) is 6. The van der Waals surface area contributed by atoms with E-state index in [4.69, 9.17) is 5.84 Å². The molecular formula is C11H12N6O3. The number of hydrazine groups is 1. The molecule has 0 radical (unpaired) electrons. The average Bonchev–Trinajstić information content (AvgIpc) is 2.83. The summed E-state index contributed by atoms with van der Waals surface area (Å²) in [5.41, 5.74) is 2.47. The number of amides is 1. The van der Waals surface area contributed by atoms with Crippen LogP contribution in [0.3, 0.4) is 0 Å². The van der Waals surface area contributed by atoms with E-state index in [2.05, 4.69) is 15.8 Å². The number of aryl methyl sites for hydroxylation is 1. The van der Waals surface area contributed by atoms with E-state index in [0.29, 0.717) is 5.82 Å². The number of nitro benzene ring substituents is 1. The maximum absolute atomic E-state index is 12.1. The second kappa shape index (κ2) is 5.36. The van der Waals surface area contributed by atoms with Gasteiger partial charge in [0.25, 0.3) is 11.6 Å². The fourth-order valence-electron chi connectivity index (χ4n) is 1.62. The number of carbonyl (C=O) groups is 1. The molecule has 0 fully saturated rings. The molecule has 0 spiro atoms. The fourth-order valence-corrected chi connectivity index (χ4v) is 1.62. The lowest BCUT2D eigenvalue weighted by atomic mass is 10.1. The molecule has 4 N–H and O–H groups in total. The summed E-state index contributed by atoms with van der Waals surface area (Å²) in [5, 5.41) is 17.3. The first-order valence-electron chi connectivity index (χ1n) is 5.57. The largest absolute Gasteiger partial charge is 0.323 e. The zero-order chi connectivity index (χ0) is 14.7. The lowest BCUT2D eigenvalue weighted by Gasteiger charge is -2.08. The Morgan fingerprint density at radius 2 is 2.20 bits per heavy atom. The monoisotopic (exact) mass is 276 g/mol. The maximum Gasteiger partial charge on any atom is 0.270 e. The molecule has 1 amide bonds. The number of carbonyl (C=O) groups excluding carboxylic acids is 1. The van der Waals surface area contributed by atoms with Crippen molar-refractivity contribution < 1.29 is 9.72 Å². The molecule has 2 aromatic rings. The highest BCUT2D eigenvalue weighted by Crippen LogP contribution is 2.22. The van der Waals surface area contributed by atoms with Gasteiger partial charge in [0.15, 0.2) is 5.82 Å². The van der Waals surface area contributed by atoms with Crippen molar-refractivity contribution in [2.24, 2.45) is 12.9 Å². The molecule has 20 heavy (non-hydrogen) atoms. The molecule has 0 atom stereocenters. The molecular weight excluding hydrogens is 264 g/mol. The van der Waals surface area contributed by atoms with Crippen molar-refractivity contribution >= 4 is 23.1 Å². The molecule has 0 saturated heterocycles. The number of rotatable bonds is 4. The van der Waals surface area contributed by atoms with Crippen LogP contribution in [0, 0.1) is 10.1 Å². The number of aromatic nitrogens is 2. The zero-order valence-electron chi connectivity index (χ0n) is 10.5. The first-order valence-corrected chi connectivity index (χ1v) is 5.57. The Morgan fingerprint density at radius 1 is 1.45 bits per heavy atom. The predicted molar refractivity (Wildman–Crippen MR) is 72.1 cm³/mol. The van der Waals surface area contributed by atoms with Gasteiger partial charge in [-0.2, -0.15) is 5.10 Å². The van der Waals surface area contributed by atoms with E-state index in [1.807, 2.05) is 0 Å². The lowest BCUT2D eigenvalue weighted by molar-refractivity contribution is -0.384. The van der Waals surface area contributed by atoms with Crippen molar-refractivity contribution in [1.29, 1.82) is 0 Å². The third kappa shape index (κ3) is 2.72. The van der Waals surface area contributed by atoms with Gasteiger partial charge in [0.05, 0.1) is 16.2 Å². The number of hydrogen-bond donors (Lipinski definition) is 3. The molecule has 1 heterocycles. The van der Waals surface area contributed by atoms with Gasteiger partial charge in [-0.3, -0.25) is 25.4 Å². The number of benzene rings is 1. The van der Waals surface area contributed by atoms with Crippen molar-refractivity contribution in [3.05, 3.63) is 46.1 Å². The molecule has 0 saturated carbocycles. The van der Waals surface area contributed by atoms with Gasteiger partial charge in [0, 0.05) is 31.4 Å². The summed E-state index contributed by atoms with van der Waals surface area (Å²) >= 11 is 0. The lowest BCUT2D eigenvalue weighted by Crippen LogP contribution is -2.17. The van der Waals surface area contributed by atoms with Gasteiger partial charge in [-0.25, -0.2) is 0 Å². The van der Waals surface area contributed by atoms with Crippen LogP contribution in [0.4, 0.5) is 17.2 Å². The number of nitrogens with two attached hydrogens (primary N) is 1. The molecule has 0 aliphatic carbocycles. The van der Waals surface area contributed by atoms with Crippen LogP contribution in [0.15, 0.2) is 30.5 Å². The summed E-state index contributed by atoms with van der Waals surface area (Å²) in [6, 6.07) is 5.37. The Kier molecular flexibility index (Phi) is 3.62. The van der Waals surface area contributed by atoms with Crippen LogP contribution in [0.25, 0.3) is 0 Å². The van der Waals surface area contributed by atoms with Gasteiger partial charge in [-0.15, -0.1) is 0 Å². The van der Waals surface area contributed by atoms with Crippen LogP contribution in [-0.4, -0.2) is 20.6 Å². The summed E-state index contributed by atoms with van der Waals surface area (Å²) in [7, 11) is 1.70. The molecule has 9 heteroatoms. The Labute approximate surface area is 113 Å². The Balaban J connectivity index is 2.32. The van der Waals surface area contributed by atoms with Crippen molar-refractivity contribution in [2.75, 3.05) is 10.7 Å². The summed E-state index contributed by atoms with van der Waals surface area (Å²) in [4.78, 5) is 22.3. The molecule has 0 aliphatic rings. The Bertz CT molecular complexity index is 666. The van der Waals surface area contributed by atoms with E-state index in [-0.39, 0.29) is 16.9 Å². The SMILES string of the molecule is Cn1ccc(NC(=O)c2cc([N+](=O)[O-])ccc2NN)n1. The van der Waals surface area contributed by atoms with Gasteiger partial charge in [0.1, 0.15) is 0 Å². The third-order valence-corrected chi connectivity index (χ3v) is 2.57. The van der Waals surface area contributed by atoms with E-state index in [1.54, 1.807) is 19.3 Å². The number of anilines is 2. The van der Waals surface area contributed by atoms with Gasteiger partial charge >= 0.3 is 0 Å². The van der Waals surface area contributed by atoms with Crippen molar-refractivity contribution in [3.8, 4) is 0 Å². The highest BCUT2D eigenvalue weighted by Gasteiger charge is 2.17. The molecule has 2 rings (SSSR count). The molecule has 0 aliphatic heterocycles. The van der Waals surface area contributed by atoms with E-state index in [9.17, 15) is 14.9 Å². The third-order valence-electron chi connectivity index (χ3n) is 2.57. The molecule has 0 unspecified atom stereocenters. The van der Waals surface area contributed by atoms with Gasteiger partial charge < -0.3 is 10.7 Å². The quantitative estimate of drug-likeness (QED) is 0.431. The highest BCUT2D eigenvalue weighted by molar-refractivity contribution is 6.08. The smallest absolute Gasteiger partial charge is 0.270 e. The molecule has 1 aromatic carbocycles. The first kappa shape index (κ1) is 13.5. The van der Waals surface area contributed by atoms with E-state index < -0.39 is 10.8 Å². The average molecular weight is 276 g/mol. The second-order valence-corrected chi connectivity index (χ2v) is 3.96. The normalized spacial score (nSPS) is 10.1. The topological polar surface area (TPSA) is 128 Å².